The molecule has 3 rings (SSSR count). The lowest BCUT2D eigenvalue weighted by molar-refractivity contribution is 0.322. The fourth-order valence-electron chi connectivity index (χ4n) is 2.49. The van der Waals surface area contributed by atoms with Crippen LogP contribution in [0.4, 0.5) is 4.39 Å². The van der Waals surface area contributed by atoms with Crippen molar-refractivity contribution in [1.29, 1.82) is 0 Å². The van der Waals surface area contributed by atoms with E-state index in [0.29, 0.717) is 24.7 Å². The summed E-state index contributed by atoms with van der Waals surface area (Å²) in [5, 5.41) is 7.02. The van der Waals surface area contributed by atoms with Crippen molar-refractivity contribution in [3.8, 4) is 0 Å². The second-order valence-electron chi connectivity index (χ2n) is 5.18. The second kappa shape index (κ2) is 6.13. The lowest BCUT2D eigenvalue weighted by Gasteiger charge is -2.01. The molecular formula is C15H18FN3O. The van der Waals surface area contributed by atoms with E-state index in [9.17, 15) is 4.39 Å². The summed E-state index contributed by atoms with van der Waals surface area (Å²) >= 11 is 0. The number of nitrogens with zero attached hydrogens (tertiary/aromatic N) is 2. The minimum absolute atomic E-state index is 0.125. The normalized spacial score (nSPS) is 22.2. The van der Waals surface area contributed by atoms with Gasteiger partial charge in [-0.1, -0.05) is 35.5 Å². The first-order valence-electron chi connectivity index (χ1n) is 7.05. The van der Waals surface area contributed by atoms with Gasteiger partial charge in [0.1, 0.15) is 6.17 Å². The standard InChI is InChI=1S/C15H18FN3O/c16-12-9-13(17-10-12)15-18-14(19-20-15)8-4-7-11-5-2-1-3-6-11/h1-3,5-6,12-13,17H,4,7-10H2/t12-,13+/m1/s1. The van der Waals surface area contributed by atoms with E-state index in [2.05, 4.69) is 27.6 Å². The molecule has 0 bridgehead atoms. The number of aryl methyl sites for hydroxylation is 2. The van der Waals surface area contributed by atoms with E-state index in [4.69, 9.17) is 4.52 Å². The van der Waals surface area contributed by atoms with Crippen LogP contribution >= 0.6 is 0 Å². The molecule has 2 atom stereocenters. The first kappa shape index (κ1) is 13.2. The lowest BCUT2D eigenvalue weighted by atomic mass is 10.1. The molecule has 106 valence electrons. The Morgan fingerprint density at radius 2 is 2.10 bits per heavy atom. The van der Waals surface area contributed by atoms with E-state index in [-0.39, 0.29) is 6.04 Å². The van der Waals surface area contributed by atoms with Gasteiger partial charge >= 0.3 is 0 Å². The minimum atomic E-state index is -0.812. The summed E-state index contributed by atoms with van der Waals surface area (Å²) < 4.78 is 18.3. The summed E-state index contributed by atoms with van der Waals surface area (Å²) in [7, 11) is 0. The minimum Gasteiger partial charge on any atom is -0.338 e. The molecule has 1 aliphatic rings. The van der Waals surface area contributed by atoms with Gasteiger partial charge in [-0.15, -0.1) is 0 Å². The molecule has 1 saturated heterocycles. The zero-order chi connectivity index (χ0) is 13.8. The van der Waals surface area contributed by atoms with Gasteiger partial charge < -0.3 is 9.84 Å². The Balaban J connectivity index is 1.50. The maximum absolute atomic E-state index is 13.1. The van der Waals surface area contributed by atoms with Crippen LogP contribution in [0.25, 0.3) is 0 Å². The van der Waals surface area contributed by atoms with Crippen LogP contribution in [0, 0.1) is 0 Å². The van der Waals surface area contributed by atoms with Gasteiger partial charge in [0.15, 0.2) is 5.82 Å². The maximum Gasteiger partial charge on any atom is 0.243 e. The van der Waals surface area contributed by atoms with Gasteiger partial charge in [0.2, 0.25) is 5.89 Å². The molecule has 0 aliphatic carbocycles. The molecule has 0 unspecified atom stereocenters. The molecule has 1 N–H and O–H groups in total. The van der Waals surface area contributed by atoms with Crippen LogP contribution < -0.4 is 5.32 Å². The van der Waals surface area contributed by atoms with Crippen LogP contribution in [-0.2, 0) is 12.8 Å². The first-order valence-corrected chi connectivity index (χ1v) is 7.05. The Morgan fingerprint density at radius 3 is 2.85 bits per heavy atom. The largest absolute Gasteiger partial charge is 0.338 e. The van der Waals surface area contributed by atoms with Gasteiger partial charge in [-0.25, -0.2) is 4.39 Å². The van der Waals surface area contributed by atoms with Gasteiger partial charge in [-0.3, -0.25) is 0 Å². The zero-order valence-corrected chi connectivity index (χ0v) is 11.3. The van der Waals surface area contributed by atoms with Crippen LogP contribution in [0.3, 0.4) is 0 Å². The number of aromatic nitrogens is 2. The number of nitrogens with one attached hydrogen (secondary N) is 1. The summed E-state index contributed by atoms with van der Waals surface area (Å²) in [6, 6.07) is 10.2. The third-order valence-corrected chi connectivity index (χ3v) is 3.57. The van der Waals surface area contributed by atoms with E-state index < -0.39 is 6.17 Å². The van der Waals surface area contributed by atoms with Crippen molar-refractivity contribution in [3.63, 3.8) is 0 Å². The molecule has 1 aliphatic heterocycles. The molecule has 20 heavy (non-hydrogen) atoms. The van der Waals surface area contributed by atoms with Crippen molar-refractivity contribution in [3.05, 3.63) is 47.6 Å². The fourth-order valence-corrected chi connectivity index (χ4v) is 2.49. The Bertz CT molecular complexity index is 543. The van der Waals surface area contributed by atoms with Crippen LogP contribution in [-0.4, -0.2) is 22.9 Å². The van der Waals surface area contributed by atoms with Gasteiger partial charge in [0.25, 0.3) is 0 Å². The third-order valence-electron chi connectivity index (χ3n) is 3.57. The average Bonchev–Trinajstić information content (AvgIpc) is 3.09. The highest BCUT2D eigenvalue weighted by molar-refractivity contribution is 5.14. The molecule has 2 aromatic rings. The van der Waals surface area contributed by atoms with E-state index in [0.717, 1.165) is 19.3 Å². The van der Waals surface area contributed by atoms with Crippen molar-refractivity contribution < 1.29 is 8.91 Å². The van der Waals surface area contributed by atoms with Crippen LogP contribution in [0.2, 0.25) is 0 Å². The summed E-state index contributed by atoms with van der Waals surface area (Å²) in [5.41, 5.74) is 1.31. The number of rotatable bonds is 5. The molecule has 1 aromatic carbocycles. The molecule has 0 spiro atoms. The second-order valence-corrected chi connectivity index (χ2v) is 5.18. The summed E-state index contributed by atoms with van der Waals surface area (Å²) in [6.07, 6.45) is 2.37. The molecule has 2 heterocycles. The molecule has 0 saturated carbocycles. The zero-order valence-electron chi connectivity index (χ0n) is 11.3. The maximum atomic E-state index is 13.1. The first-order chi connectivity index (χ1) is 9.81. The van der Waals surface area contributed by atoms with Gasteiger partial charge in [-0.2, -0.15) is 4.98 Å². The number of halogens is 1. The topological polar surface area (TPSA) is 51.0 Å². The van der Waals surface area contributed by atoms with Crippen molar-refractivity contribution in [2.24, 2.45) is 0 Å². The molecule has 5 heteroatoms. The van der Waals surface area contributed by atoms with Crippen LogP contribution in [0.5, 0.6) is 0 Å². The number of alkyl halides is 1. The van der Waals surface area contributed by atoms with E-state index in [1.165, 1.54) is 5.56 Å². The molecule has 1 fully saturated rings. The summed E-state index contributed by atoms with van der Waals surface area (Å²) in [5.74, 6) is 1.22. The quantitative estimate of drug-likeness (QED) is 0.911. The summed E-state index contributed by atoms with van der Waals surface area (Å²) in [4.78, 5) is 4.35. The van der Waals surface area contributed by atoms with E-state index in [1.54, 1.807) is 0 Å². The van der Waals surface area contributed by atoms with Gasteiger partial charge in [0, 0.05) is 19.4 Å². The van der Waals surface area contributed by atoms with Crippen LogP contribution in [0.15, 0.2) is 34.9 Å². The van der Waals surface area contributed by atoms with Crippen molar-refractivity contribution >= 4 is 0 Å². The van der Waals surface area contributed by atoms with Gasteiger partial charge in [-0.05, 0) is 18.4 Å². The fraction of sp³-hybridized carbons (Fsp3) is 0.467. The highest BCUT2D eigenvalue weighted by Crippen LogP contribution is 2.23. The monoisotopic (exact) mass is 275 g/mol. The lowest BCUT2D eigenvalue weighted by Crippen LogP contribution is -2.14. The Morgan fingerprint density at radius 1 is 1.25 bits per heavy atom. The van der Waals surface area contributed by atoms with Crippen molar-refractivity contribution in [2.45, 2.75) is 37.9 Å². The van der Waals surface area contributed by atoms with Crippen LogP contribution in [0.1, 0.15) is 36.2 Å². The number of hydrogen-bond acceptors (Lipinski definition) is 4. The number of benzene rings is 1. The van der Waals surface area contributed by atoms with E-state index >= 15 is 0 Å². The van der Waals surface area contributed by atoms with Crippen molar-refractivity contribution in [1.82, 2.24) is 15.5 Å². The predicted octanol–water partition coefficient (Wildman–Crippen LogP) is 2.62. The third kappa shape index (κ3) is 3.22. The smallest absolute Gasteiger partial charge is 0.243 e. The van der Waals surface area contributed by atoms with E-state index in [1.807, 2.05) is 18.2 Å². The Labute approximate surface area is 117 Å². The Kier molecular flexibility index (Phi) is 4.06. The summed E-state index contributed by atoms with van der Waals surface area (Å²) in [6.45, 7) is 0.371. The average molecular weight is 275 g/mol. The number of hydrogen-bond donors (Lipinski definition) is 1. The molecule has 1 aromatic heterocycles. The molecule has 0 radical (unpaired) electrons. The highest BCUT2D eigenvalue weighted by atomic mass is 19.1. The molecule has 0 amide bonds. The van der Waals surface area contributed by atoms with Gasteiger partial charge in [0.05, 0.1) is 6.04 Å². The van der Waals surface area contributed by atoms with Crippen molar-refractivity contribution in [2.75, 3.05) is 6.54 Å². The predicted molar refractivity (Wildman–Crippen MR) is 73.0 cm³/mol. The molecular weight excluding hydrogens is 257 g/mol. The Hall–Kier alpha value is -1.75. The molecule has 4 nitrogen and oxygen atoms in total. The SMILES string of the molecule is F[C@H]1CN[C@H](c2nc(CCCc3ccccc3)no2)C1. The highest BCUT2D eigenvalue weighted by Gasteiger charge is 2.29.